The maximum atomic E-state index is 11.7. The van der Waals surface area contributed by atoms with E-state index in [1.807, 2.05) is 0 Å². The normalized spacial score (nSPS) is 15.7. The van der Waals surface area contributed by atoms with Crippen LogP contribution in [0.4, 0.5) is 4.79 Å². The van der Waals surface area contributed by atoms with Crippen molar-refractivity contribution in [3.8, 4) is 22.6 Å². The first-order valence-corrected chi connectivity index (χ1v) is 8.36. The van der Waals surface area contributed by atoms with E-state index in [0.29, 0.717) is 22.7 Å². The second kappa shape index (κ2) is 6.23. The van der Waals surface area contributed by atoms with Crippen LogP contribution in [0.5, 0.6) is 11.5 Å². The number of methoxy groups -OCH3 is 1. The number of imide groups is 1. The van der Waals surface area contributed by atoms with E-state index in [1.165, 1.54) is 19.3 Å². The van der Waals surface area contributed by atoms with Gasteiger partial charge in [0.15, 0.2) is 11.5 Å². The molecule has 2 N–H and O–H groups in total. The van der Waals surface area contributed by atoms with Crippen LogP contribution < -0.4 is 10.1 Å². The number of thioether (sulfide) groups is 1. The Morgan fingerprint density at radius 3 is 2.85 bits per heavy atom. The van der Waals surface area contributed by atoms with Crippen molar-refractivity contribution in [2.24, 2.45) is 0 Å². The Morgan fingerprint density at radius 2 is 2.12 bits per heavy atom. The topological polar surface area (TPSA) is 102 Å². The number of fused-ring (bicyclic) bond motifs is 1. The number of carbonyl (C=O) groups is 2. The highest BCUT2D eigenvalue weighted by atomic mass is 32.2. The molecule has 26 heavy (non-hydrogen) atoms. The molecule has 1 saturated heterocycles. The molecule has 2 aromatic heterocycles. The van der Waals surface area contributed by atoms with Crippen LogP contribution in [0.25, 0.3) is 28.2 Å². The Balaban J connectivity index is 1.81. The summed E-state index contributed by atoms with van der Waals surface area (Å²) in [7, 11) is 1.47. The highest BCUT2D eigenvalue weighted by molar-refractivity contribution is 8.18. The summed E-state index contributed by atoms with van der Waals surface area (Å²) in [5, 5.41) is 12.3. The quantitative estimate of drug-likeness (QED) is 0.682. The van der Waals surface area contributed by atoms with Crippen LogP contribution >= 0.6 is 11.8 Å². The number of furan rings is 1. The summed E-state index contributed by atoms with van der Waals surface area (Å²) in [4.78, 5) is 27.4. The Bertz CT molecular complexity index is 1090. The lowest BCUT2D eigenvalue weighted by Gasteiger charge is -2.07. The lowest BCUT2D eigenvalue weighted by molar-refractivity contribution is -0.115. The molecule has 0 aliphatic carbocycles. The summed E-state index contributed by atoms with van der Waals surface area (Å²) in [6, 6.07) is 6.69. The molecule has 1 aliphatic rings. The second-order valence-electron chi connectivity index (χ2n) is 5.49. The summed E-state index contributed by atoms with van der Waals surface area (Å²) in [6.45, 7) is 0. The summed E-state index contributed by atoms with van der Waals surface area (Å²) in [6.07, 6.45) is 4.82. The number of phenols is 1. The van der Waals surface area contributed by atoms with E-state index >= 15 is 0 Å². The minimum atomic E-state index is -0.443. The molecule has 130 valence electrons. The third-order valence-corrected chi connectivity index (χ3v) is 4.66. The zero-order chi connectivity index (χ0) is 18.3. The monoisotopic (exact) mass is 368 g/mol. The first-order chi connectivity index (χ1) is 12.5. The van der Waals surface area contributed by atoms with Crippen LogP contribution in [-0.4, -0.2) is 28.3 Å². The van der Waals surface area contributed by atoms with Crippen LogP contribution in [0.3, 0.4) is 0 Å². The smallest absolute Gasteiger partial charge is 0.290 e. The maximum absolute atomic E-state index is 11.7. The van der Waals surface area contributed by atoms with Gasteiger partial charge < -0.3 is 14.3 Å². The second-order valence-corrected chi connectivity index (χ2v) is 6.51. The molecule has 2 amide bonds. The fourth-order valence-electron chi connectivity index (χ4n) is 2.65. The molecule has 0 saturated carbocycles. The van der Waals surface area contributed by atoms with Gasteiger partial charge in [-0.15, -0.1) is 0 Å². The van der Waals surface area contributed by atoms with Gasteiger partial charge in [0.1, 0.15) is 11.3 Å². The first kappa shape index (κ1) is 16.2. The van der Waals surface area contributed by atoms with Gasteiger partial charge in [0, 0.05) is 29.4 Å². The molecule has 0 unspecified atom stereocenters. The molecular formula is C18H12N2O5S. The van der Waals surface area contributed by atoms with E-state index in [9.17, 15) is 14.7 Å². The zero-order valence-corrected chi connectivity index (χ0v) is 14.3. The number of pyridine rings is 1. The molecule has 0 spiro atoms. The Kier molecular flexibility index (Phi) is 3.89. The SMILES string of the molecule is COc1cc(-c2cncc3cc(/C=C4\SC(=O)NC4=O)oc23)ccc1O. The van der Waals surface area contributed by atoms with Gasteiger partial charge in [0.05, 0.1) is 12.0 Å². The molecule has 7 nitrogen and oxygen atoms in total. The fraction of sp³-hybridized carbons (Fsp3) is 0.0556. The number of nitrogens with zero attached hydrogens (tertiary/aromatic N) is 1. The maximum Gasteiger partial charge on any atom is 0.290 e. The molecule has 1 aliphatic heterocycles. The molecule has 8 heteroatoms. The number of benzene rings is 1. The number of ether oxygens (including phenoxy) is 1. The minimum absolute atomic E-state index is 0.0372. The van der Waals surface area contributed by atoms with Gasteiger partial charge in [0.2, 0.25) is 0 Å². The van der Waals surface area contributed by atoms with Crippen LogP contribution in [0.15, 0.2) is 46.0 Å². The Morgan fingerprint density at radius 1 is 1.27 bits per heavy atom. The zero-order valence-electron chi connectivity index (χ0n) is 13.5. The van der Waals surface area contributed by atoms with Crippen molar-refractivity contribution in [3.05, 3.63) is 47.3 Å². The van der Waals surface area contributed by atoms with E-state index in [-0.39, 0.29) is 10.7 Å². The predicted molar refractivity (Wildman–Crippen MR) is 96.8 cm³/mol. The van der Waals surface area contributed by atoms with Crippen LogP contribution in [0.2, 0.25) is 0 Å². The van der Waals surface area contributed by atoms with Gasteiger partial charge in [-0.05, 0) is 35.5 Å². The lowest BCUT2D eigenvalue weighted by atomic mass is 10.1. The summed E-state index contributed by atoms with van der Waals surface area (Å²) in [5.74, 6) is 0.371. The molecule has 3 heterocycles. The number of carbonyl (C=O) groups excluding carboxylic acids is 2. The highest BCUT2D eigenvalue weighted by Crippen LogP contribution is 2.36. The first-order valence-electron chi connectivity index (χ1n) is 7.55. The van der Waals surface area contributed by atoms with Crippen molar-refractivity contribution in [2.45, 2.75) is 0 Å². The van der Waals surface area contributed by atoms with Crippen LogP contribution in [0, 0.1) is 0 Å². The minimum Gasteiger partial charge on any atom is -0.504 e. The standard InChI is InChI=1S/C18H12N2O5S/c1-24-14-5-9(2-3-13(14)21)12-8-19-7-10-4-11(25-16(10)12)6-15-17(22)20-18(23)26-15/h2-8,21H,1H3,(H,20,22,23)/b15-6-. The highest BCUT2D eigenvalue weighted by Gasteiger charge is 2.25. The molecule has 0 bridgehead atoms. The molecular weight excluding hydrogens is 356 g/mol. The van der Waals surface area contributed by atoms with Crippen molar-refractivity contribution in [2.75, 3.05) is 7.11 Å². The summed E-state index contributed by atoms with van der Waals surface area (Å²) >= 11 is 0.827. The molecule has 0 atom stereocenters. The van der Waals surface area contributed by atoms with E-state index in [0.717, 1.165) is 22.7 Å². The average Bonchev–Trinajstić information content (AvgIpc) is 3.17. The Labute approximate surface area is 151 Å². The van der Waals surface area contributed by atoms with Crippen molar-refractivity contribution in [3.63, 3.8) is 0 Å². The number of nitrogens with one attached hydrogen (secondary N) is 1. The van der Waals surface area contributed by atoms with E-state index in [2.05, 4.69) is 10.3 Å². The van der Waals surface area contributed by atoms with Gasteiger partial charge in [0.25, 0.3) is 11.1 Å². The van der Waals surface area contributed by atoms with Crippen molar-refractivity contribution in [1.29, 1.82) is 0 Å². The fourth-order valence-corrected chi connectivity index (χ4v) is 3.32. The largest absolute Gasteiger partial charge is 0.504 e. The summed E-state index contributed by atoms with van der Waals surface area (Å²) in [5.41, 5.74) is 2.05. The Hall–Kier alpha value is -3.26. The summed E-state index contributed by atoms with van der Waals surface area (Å²) < 4.78 is 11.0. The predicted octanol–water partition coefficient (Wildman–Crippen LogP) is 3.53. The number of aromatic nitrogens is 1. The lowest BCUT2D eigenvalue weighted by Crippen LogP contribution is -2.17. The number of rotatable bonds is 3. The number of hydrogen-bond acceptors (Lipinski definition) is 7. The molecule has 1 aromatic carbocycles. The van der Waals surface area contributed by atoms with Gasteiger partial charge in [-0.25, -0.2) is 0 Å². The van der Waals surface area contributed by atoms with Gasteiger partial charge >= 0.3 is 0 Å². The molecule has 3 aromatic rings. The molecule has 4 rings (SSSR count). The molecule has 0 radical (unpaired) electrons. The molecule has 1 fully saturated rings. The third kappa shape index (κ3) is 2.80. The van der Waals surface area contributed by atoms with E-state index in [4.69, 9.17) is 9.15 Å². The van der Waals surface area contributed by atoms with Crippen LogP contribution in [-0.2, 0) is 4.79 Å². The number of hydrogen-bond donors (Lipinski definition) is 2. The van der Waals surface area contributed by atoms with Crippen molar-refractivity contribution >= 4 is 40.0 Å². The number of phenolic OH excluding ortho intramolecular Hbond substituents is 1. The van der Waals surface area contributed by atoms with Gasteiger partial charge in [-0.1, -0.05) is 6.07 Å². The number of amides is 2. The number of aromatic hydroxyl groups is 1. The third-order valence-electron chi connectivity index (χ3n) is 3.85. The van der Waals surface area contributed by atoms with Crippen LogP contribution in [0.1, 0.15) is 5.76 Å². The average molecular weight is 368 g/mol. The van der Waals surface area contributed by atoms with Crippen molar-refractivity contribution in [1.82, 2.24) is 10.3 Å². The van der Waals surface area contributed by atoms with Crippen molar-refractivity contribution < 1.29 is 23.8 Å². The van der Waals surface area contributed by atoms with E-state index < -0.39 is 11.1 Å². The van der Waals surface area contributed by atoms with Gasteiger partial charge in [-0.2, -0.15) is 0 Å². The van der Waals surface area contributed by atoms with Gasteiger partial charge in [-0.3, -0.25) is 19.9 Å². The van der Waals surface area contributed by atoms with E-state index in [1.54, 1.807) is 30.6 Å².